The Morgan fingerprint density at radius 1 is 1.14 bits per heavy atom. The van der Waals surface area contributed by atoms with Crippen LogP contribution in [0.3, 0.4) is 0 Å². The lowest BCUT2D eigenvalue weighted by Crippen LogP contribution is -2.39. The molecule has 8 heteroatoms. The zero-order valence-electron chi connectivity index (χ0n) is 21.2. The molecule has 1 aliphatic rings. The number of amides is 1. The molecular formula is C27H35N5O3. The Morgan fingerprint density at radius 2 is 1.89 bits per heavy atom. The van der Waals surface area contributed by atoms with E-state index in [1.165, 1.54) is 0 Å². The van der Waals surface area contributed by atoms with Crippen molar-refractivity contribution in [1.29, 1.82) is 0 Å². The van der Waals surface area contributed by atoms with Gasteiger partial charge in [0.15, 0.2) is 0 Å². The van der Waals surface area contributed by atoms with E-state index in [4.69, 9.17) is 20.2 Å². The Bertz CT molecular complexity index is 1200. The van der Waals surface area contributed by atoms with Crippen LogP contribution in [0.1, 0.15) is 54.2 Å². The highest BCUT2D eigenvalue weighted by atomic mass is 16.5. The number of nitrogens with zero attached hydrogens (tertiary/aromatic N) is 3. The molecule has 1 fully saturated rings. The van der Waals surface area contributed by atoms with Crippen molar-refractivity contribution in [2.45, 2.75) is 45.6 Å². The number of carbonyl (C=O) groups is 1. The first-order valence-electron chi connectivity index (χ1n) is 12.1. The predicted molar refractivity (Wildman–Crippen MR) is 139 cm³/mol. The number of benzene rings is 2. The summed E-state index contributed by atoms with van der Waals surface area (Å²) < 4.78 is 10.8. The van der Waals surface area contributed by atoms with Gasteiger partial charge in [-0.2, -0.15) is 0 Å². The summed E-state index contributed by atoms with van der Waals surface area (Å²) in [7, 11) is 3.24. The number of nitrogens with two attached hydrogens (primary N) is 1. The molecule has 35 heavy (non-hydrogen) atoms. The van der Waals surface area contributed by atoms with E-state index in [9.17, 15) is 4.79 Å². The first kappa shape index (κ1) is 24.7. The highest BCUT2D eigenvalue weighted by molar-refractivity contribution is 5.91. The van der Waals surface area contributed by atoms with Crippen LogP contribution in [0, 0.1) is 13.8 Å². The van der Waals surface area contributed by atoms with Crippen molar-refractivity contribution in [3.63, 3.8) is 0 Å². The largest absolute Gasteiger partial charge is 0.496 e. The van der Waals surface area contributed by atoms with Crippen molar-refractivity contribution < 1.29 is 14.3 Å². The third-order valence-corrected chi connectivity index (χ3v) is 6.69. The summed E-state index contributed by atoms with van der Waals surface area (Å²) in [5.41, 5.74) is 11.0. The standard InChI is InChI=1S/C27H35N5O3/c1-16-10-20(12-21(28)11-16)17(2)29-27-23-13-22(25(35-5)14-24(23)30-18(3)31-27)19-6-8-32(9-7-19)26(33)15-34-4/h10-14,17,19H,6-9,15,28H2,1-5H3,(H,29,30,31)/t17-/m0/s1. The number of carbonyl (C=O) groups excluding carboxylic acids is 1. The number of fused-ring (bicyclic) bond motifs is 1. The molecule has 0 aliphatic carbocycles. The molecule has 1 atom stereocenters. The lowest BCUT2D eigenvalue weighted by Gasteiger charge is -2.33. The van der Waals surface area contributed by atoms with E-state index in [0.29, 0.717) is 18.9 Å². The highest BCUT2D eigenvalue weighted by Gasteiger charge is 2.26. The number of likely N-dealkylation sites (tertiary alicyclic amines) is 1. The summed E-state index contributed by atoms with van der Waals surface area (Å²) in [6, 6.07) is 10.3. The minimum absolute atomic E-state index is 0.00953. The Labute approximate surface area is 206 Å². The molecule has 186 valence electrons. The van der Waals surface area contributed by atoms with Gasteiger partial charge in [0.2, 0.25) is 5.91 Å². The lowest BCUT2D eigenvalue weighted by atomic mass is 9.88. The maximum Gasteiger partial charge on any atom is 0.248 e. The molecule has 1 aliphatic heterocycles. The van der Waals surface area contributed by atoms with Crippen LogP contribution in [0.4, 0.5) is 11.5 Å². The van der Waals surface area contributed by atoms with Gasteiger partial charge in [0, 0.05) is 37.3 Å². The van der Waals surface area contributed by atoms with Crippen LogP contribution in [0.2, 0.25) is 0 Å². The van der Waals surface area contributed by atoms with Crippen molar-refractivity contribution in [1.82, 2.24) is 14.9 Å². The molecule has 0 radical (unpaired) electrons. The number of anilines is 2. The minimum Gasteiger partial charge on any atom is -0.496 e. The number of rotatable bonds is 7. The number of piperidine rings is 1. The van der Waals surface area contributed by atoms with Crippen LogP contribution in [0.15, 0.2) is 30.3 Å². The van der Waals surface area contributed by atoms with Crippen LogP contribution >= 0.6 is 0 Å². The molecule has 0 spiro atoms. The quantitative estimate of drug-likeness (QED) is 0.487. The number of nitrogens with one attached hydrogen (secondary N) is 1. The molecule has 3 N–H and O–H groups in total. The van der Waals surface area contributed by atoms with Gasteiger partial charge in [-0.25, -0.2) is 9.97 Å². The maximum absolute atomic E-state index is 12.2. The molecular weight excluding hydrogens is 442 g/mol. The molecule has 8 nitrogen and oxygen atoms in total. The average molecular weight is 478 g/mol. The van der Waals surface area contributed by atoms with Crippen molar-refractivity contribution in [2.75, 3.05) is 45.0 Å². The predicted octanol–water partition coefficient (Wildman–Crippen LogP) is 4.36. The topological polar surface area (TPSA) is 103 Å². The first-order chi connectivity index (χ1) is 16.8. The Hall–Kier alpha value is -3.39. The number of nitrogen functional groups attached to an aromatic ring is 1. The fraction of sp³-hybridized carbons (Fsp3) is 0.444. The van der Waals surface area contributed by atoms with E-state index >= 15 is 0 Å². The molecule has 4 rings (SSSR count). The molecule has 0 saturated carbocycles. The monoisotopic (exact) mass is 477 g/mol. The Balaban J connectivity index is 1.66. The van der Waals surface area contributed by atoms with Crippen LogP contribution in [0.5, 0.6) is 5.75 Å². The zero-order valence-corrected chi connectivity index (χ0v) is 21.2. The van der Waals surface area contributed by atoms with E-state index in [0.717, 1.165) is 57.7 Å². The van der Waals surface area contributed by atoms with Gasteiger partial charge in [0.1, 0.15) is 24.0 Å². The summed E-state index contributed by atoms with van der Waals surface area (Å²) >= 11 is 0. The second kappa shape index (κ2) is 10.5. The summed E-state index contributed by atoms with van der Waals surface area (Å²) in [4.78, 5) is 23.5. The molecule has 1 amide bonds. The van der Waals surface area contributed by atoms with Crippen LogP contribution in [-0.4, -0.2) is 54.7 Å². The third-order valence-electron chi connectivity index (χ3n) is 6.69. The number of aryl methyl sites for hydroxylation is 2. The SMILES string of the molecule is COCC(=O)N1CCC(c2cc3c(N[C@@H](C)c4cc(C)cc(N)c4)nc(C)nc3cc2OC)CC1. The molecule has 3 aromatic rings. The molecule has 1 aromatic heterocycles. The lowest BCUT2D eigenvalue weighted by molar-refractivity contribution is -0.136. The minimum atomic E-state index is 0.00953. The smallest absolute Gasteiger partial charge is 0.248 e. The maximum atomic E-state index is 12.2. The second-order valence-corrected chi connectivity index (χ2v) is 9.36. The van der Waals surface area contributed by atoms with Crippen molar-refractivity contribution in [3.05, 3.63) is 52.8 Å². The summed E-state index contributed by atoms with van der Waals surface area (Å²) in [6.07, 6.45) is 1.73. The summed E-state index contributed by atoms with van der Waals surface area (Å²) in [5.74, 6) is 2.62. The van der Waals surface area contributed by atoms with Gasteiger partial charge in [0.25, 0.3) is 0 Å². The second-order valence-electron chi connectivity index (χ2n) is 9.36. The zero-order chi connectivity index (χ0) is 25.1. The first-order valence-corrected chi connectivity index (χ1v) is 12.1. The number of hydrogen-bond acceptors (Lipinski definition) is 7. The molecule has 0 bridgehead atoms. The van der Waals surface area contributed by atoms with Gasteiger partial charge < -0.3 is 25.4 Å². The van der Waals surface area contributed by atoms with Crippen LogP contribution < -0.4 is 15.8 Å². The molecule has 2 heterocycles. The van der Waals surface area contributed by atoms with Crippen molar-refractivity contribution in [3.8, 4) is 5.75 Å². The molecule has 1 saturated heterocycles. The van der Waals surface area contributed by atoms with Crippen LogP contribution in [-0.2, 0) is 9.53 Å². The number of aromatic nitrogens is 2. The Morgan fingerprint density at radius 3 is 2.54 bits per heavy atom. The third kappa shape index (κ3) is 5.48. The van der Waals surface area contributed by atoms with E-state index in [-0.39, 0.29) is 24.5 Å². The van der Waals surface area contributed by atoms with E-state index in [1.807, 2.05) is 36.9 Å². The fourth-order valence-corrected chi connectivity index (χ4v) is 4.93. The van der Waals surface area contributed by atoms with E-state index in [2.05, 4.69) is 29.4 Å². The van der Waals surface area contributed by atoms with Gasteiger partial charge in [-0.3, -0.25) is 4.79 Å². The number of methoxy groups -OCH3 is 2. The van der Waals surface area contributed by atoms with Gasteiger partial charge in [-0.05, 0) is 74.4 Å². The van der Waals surface area contributed by atoms with Crippen LogP contribution in [0.25, 0.3) is 10.9 Å². The van der Waals surface area contributed by atoms with E-state index in [1.54, 1.807) is 14.2 Å². The average Bonchev–Trinajstić information content (AvgIpc) is 2.82. The summed E-state index contributed by atoms with van der Waals surface area (Å²) in [5, 5.41) is 4.54. The summed E-state index contributed by atoms with van der Waals surface area (Å²) in [6.45, 7) is 7.58. The highest BCUT2D eigenvalue weighted by Crippen LogP contribution is 2.38. The fourth-order valence-electron chi connectivity index (χ4n) is 4.93. The van der Waals surface area contributed by atoms with Gasteiger partial charge in [0.05, 0.1) is 18.7 Å². The number of hydrogen-bond donors (Lipinski definition) is 2. The molecule has 0 unspecified atom stereocenters. The molecule has 2 aromatic carbocycles. The normalized spacial score (nSPS) is 15.3. The van der Waals surface area contributed by atoms with Gasteiger partial charge in [-0.15, -0.1) is 0 Å². The van der Waals surface area contributed by atoms with E-state index < -0.39 is 0 Å². The van der Waals surface area contributed by atoms with Gasteiger partial charge in [-0.1, -0.05) is 6.07 Å². The Kier molecular flexibility index (Phi) is 7.40. The van der Waals surface area contributed by atoms with Gasteiger partial charge >= 0.3 is 0 Å². The van der Waals surface area contributed by atoms with Crippen molar-refractivity contribution in [2.24, 2.45) is 0 Å². The van der Waals surface area contributed by atoms with Crippen molar-refractivity contribution >= 4 is 28.3 Å². The number of ether oxygens (including phenoxy) is 2.